The molecule has 0 bridgehead atoms. The summed E-state index contributed by atoms with van der Waals surface area (Å²) in [7, 11) is 1.52. The highest BCUT2D eigenvalue weighted by Gasteiger charge is 2.11. The van der Waals surface area contributed by atoms with E-state index in [2.05, 4.69) is 9.97 Å². The number of hydrogen-bond donors (Lipinski definition) is 0. The van der Waals surface area contributed by atoms with Crippen molar-refractivity contribution in [2.45, 2.75) is 0 Å². The first-order chi connectivity index (χ1) is 9.29. The van der Waals surface area contributed by atoms with Crippen molar-refractivity contribution in [3.8, 4) is 17.0 Å². The molecule has 3 rings (SSSR count). The van der Waals surface area contributed by atoms with Gasteiger partial charge < -0.3 is 4.74 Å². The Bertz CT molecular complexity index is 738. The van der Waals surface area contributed by atoms with Crippen molar-refractivity contribution >= 4 is 10.9 Å². The van der Waals surface area contributed by atoms with Gasteiger partial charge in [0.1, 0.15) is 11.6 Å². The summed E-state index contributed by atoms with van der Waals surface area (Å²) in [5, 5.41) is 0.912. The van der Waals surface area contributed by atoms with E-state index in [0.29, 0.717) is 5.75 Å². The lowest BCUT2D eigenvalue weighted by Crippen LogP contribution is -1.93. The van der Waals surface area contributed by atoms with Gasteiger partial charge in [0.25, 0.3) is 0 Å². The molecule has 0 aliphatic rings. The molecule has 0 N–H and O–H groups in total. The van der Waals surface area contributed by atoms with Crippen molar-refractivity contribution < 1.29 is 9.13 Å². The highest BCUT2D eigenvalue weighted by atomic mass is 19.1. The van der Waals surface area contributed by atoms with E-state index in [0.717, 1.165) is 22.2 Å². The van der Waals surface area contributed by atoms with Gasteiger partial charge in [-0.3, -0.25) is 9.97 Å². The summed E-state index contributed by atoms with van der Waals surface area (Å²) < 4.78 is 18.5. The average molecular weight is 254 g/mol. The van der Waals surface area contributed by atoms with Gasteiger partial charge in [0.2, 0.25) is 0 Å². The summed E-state index contributed by atoms with van der Waals surface area (Å²) in [6, 6.07) is 10.1. The third-order valence-electron chi connectivity index (χ3n) is 2.95. The largest absolute Gasteiger partial charge is 0.496 e. The Morgan fingerprint density at radius 3 is 2.79 bits per heavy atom. The zero-order valence-electron chi connectivity index (χ0n) is 10.3. The number of halogens is 1. The highest BCUT2D eigenvalue weighted by Crippen LogP contribution is 2.33. The lowest BCUT2D eigenvalue weighted by atomic mass is 10.1. The third kappa shape index (κ3) is 2.01. The topological polar surface area (TPSA) is 35.0 Å². The van der Waals surface area contributed by atoms with Crippen LogP contribution in [0.1, 0.15) is 0 Å². The molecule has 2 aromatic heterocycles. The quantitative estimate of drug-likeness (QED) is 0.702. The number of methoxy groups -OCH3 is 1. The van der Waals surface area contributed by atoms with Crippen LogP contribution in [0, 0.1) is 5.82 Å². The molecule has 0 saturated heterocycles. The molecule has 1 aromatic carbocycles. The summed E-state index contributed by atoms with van der Waals surface area (Å²) in [5.74, 6) is 0.128. The number of nitrogens with zero attached hydrogens (tertiary/aromatic N) is 2. The number of hydrogen-bond acceptors (Lipinski definition) is 3. The van der Waals surface area contributed by atoms with Gasteiger partial charge in [-0.15, -0.1) is 0 Å². The zero-order chi connectivity index (χ0) is 13.2. The maximum Gasteiger partial charge on any atom is 0.131 e. The minimum atomic E-state index is -0.334. The monoisotopic (exact) mass is 254 g/mol. The van der Waals surface area contributed by atoms with E-state index < -0.39 is 0 Å². The lowest BCUT2D eigenvalue weighted by Gasteiger charge is -2.10. The minimum absolute atomic E-state index is 0.334. The Hall–Kier alpha value is -2.49. The van der Waals surface area contributed by atoms with Crippen molar-refractivity contribution in [1.29, 1.82) is 0 Å². The Morgan fingerprint density at radius 1 is 1.05 bits per heavy atom. The summed E-state index contributed by atoms with van der Waals surface area (Å²) in [4.78, 5) is 8.66. The zero-order valence-corrected chi connectivity index (χ0v) is 10.3. The molecule has 0 saturated carbocycles. The minimum Gasteiger partial charge on any atom is -0.496 e. The molecule has 0 aliphatic carbocycles. The first kappa shape index (κ1) is 11.6. The Labute approximate surface area is 109 Å². The van der Waals surface area contributed by atoms with Gasteiger partial charge in [-0.05, 0) is 30.3 Å². The Morgan fingerprint density at radius 2 is 1.95 bits per heavy atom. The van der Waals surface area contributed by atoms with Gasteiger partial charge in [0, 0.05) is 29.4 Å². The van der Waals surface area contributed by atoms with Crippen LogP contribution in [0.2, 0.25) is 0 Å². The first-order valence-corrected chi connectivity index (χ1v) is 5.83. The van der Waals surface area contributed by atoms with Crippen LogP contribution in [0.4, 0.5) is 4.39 Å². The molecular weight excluding hydrogens is 243 g/mol. The van der Waals surface area contributed by atoms with Crippen molar-refractivity contribution in [3.63, 3.8) is 0 Å². The van der Waals surface area contributed by atoms with Crippen LogP contribution in [0.15, 0.2) is 48.8 Å². The van der Waals surface area contributed by atoms with Gasteiger partial charge in [-0.25, -0.2) is 4.39 Å². The fourth-order valence-electron chi connectivity index (χ4n) is 2.08. The molecular formula is C15H11FN2O. The van der Waals surface area contributed by atoms with Crippen LogP contribution in [-0.2, 0) is 0 Å². The predicted octanol–water partition coefficient (Wildman–Crippen LogP) is 3.44. The molecule has 94 valence electrons. The maximum atomic E-state index is 13.3. The van der Waals surface area contributed by atoms with Crippen LogP contribution in [-0.4, -0.2) is 17.1 Å². The molecule has 0 spiro atoms. The lowest BCUT2D eigenvalue weighted by molar-refractivity contribution is 0.413. The number of benzene rings is 1. The standard InChI is InChI=1S/C15H11FN2O/c1-19-14-9-10(16)4-5-12(14)15-11-3-2-7-17-13(11)6-8-18-15/h2-9H,1H3. The van der Waals surface area contributed by atoms with E-state index in [1.54, 1.807) is 18.5 Å². The van der Waals surface area contributed by atoms with E-state index in [1.807, 2.05) is 18.2 Å². The fraction of sp³-hybridized carbons (Fsp3) is 0.0667. The third-order valence-corrected chi connectivity index (χ3v) is 2.95. The van der Waals surface area contributed by atoms with Gasteiger partial charge in [0.05, 0.1) is 18.3 Å². The number of pyridine rings is 2. The molecule has 0 amide bonds. The van der Waals surface area contributed by atoms with E-state index >= 15 is 0 Å². The van der Waals surface area contributed by atoms with Crippen LogP contribution in [0.5, 0.6) is 5.75 Å². The SMILES string of the molecule is COc1cc(F)ccc1-c1nccc2ncccc12. The number of aromatic nitrogens is 2. The van der Waals surface area contributed by atoms with Crippen molar-refractivity contribution in [2.75, 3.05) is 7.11 Å². The Balaban J connectivity index is 2.30. The molecule has 0 fully saturated rings. The van der Waals surface area contributed by atoms with Crippen LogP contribution in [0.3, 0.4) is 0 Å². The van der Waals surface area contributed by atoms with Gasteiger partial charge in [-0.2, -0.15) is 0 Å². The average Bonchev–Trinajstić information content (AvgIpc) is 2.46. The van der Waals surface area contributed by atoms with Crippen molar-refractivity contribution in [1.82, 2.24) is 9.97 Å². The van der Waals surface area contributed by atoms with Crippen LogP contribution in [0.25, 0.3) is 22.2 Å². The number of fused-ring (bicyclic) bond motifs is 1. The first-order valence-electron chi connectivity index (χ1n) is 5.83. The predicted molar refractivity (Wildman–Crippen MR) is 71.5 cm³/mol. The van der Waals surface area contributed by atoms with E-state index in [-0.39, 0.29) is 5.82 Å². The molecule has 2 heterocycles. The second-order valence-corrected chi connectivity index (χ2v) is 4.07. The molecule has 0 radical (unpaired) electrons. The number of rotatable bonds is 2. The van der Waals surface area contributed by atoms with Gasteiger partial charge in [-0.1, -0.05) is 0 Å². The summed E-state index contributed by atoms with van der Waals surface area (Å²) in [6.45, 7) is 0. The maximum absolute atomic E-state index is 13.3. The van der Waals surface area contributed by atoms with Crippen LogP contribution < -0.4 is 4.74 Å². The van der Waals surface area contributed by atoms with Gasteiger partial charge in [0.15, 0.2) is 0 Å². The van der Waals surface area contributed by atoms with Crippen LogP contribution >= 0.6 is 0 Å². The number of ether oxygens (including phenoxy) is 1. The normalized spacial score (nSPS) is 10.6. The highest BCUT2D eigenvalue weighted by molar-refractivity contribution is 5.93. The molecule has 0 unspecified atom stereocenters. The molecule has 4 heteroatoms. The second-order valence-electron chi connectivity index (χ2n) is 4.07. The van der Waals surface area contributed by atoms with Gasteiger partial charge >= 0.3 is 0 Å². The molecule has 3 aromatic rings. The van der Waals surface area contributed by atoms with E-state index in [1.165, 1.54) is 19.2 Å². The molecule has 0 atom stereocenters. The summed E-state index contributed by atoms with van der Waals surface area (Å²) in [6.07, 6.45) is 3.42. The Kier molecular flexibility index (Phi) is 2.83. The van der Waals surface area contributed by atoms with Crippen molar-refractivity contribution in [2.24, 2.45) is 0 Å². The smallest absolute Gasteiger partial charge is 0.131 e. The molecule has 0 aliphatic heterocycles. The van der Waals surface area contributed by atoms with E-state index in [9.17, 15) is 4.39 Å². The fourth-order valence-corrected chi connectivity index (χ4v) is 2.08. The van der Waals surface area contributed by atoms with Crippen molar-refractivity contribution in [3.05, 3.63) is 54.6 Å². The molecule has 3 nitrogen and oxygen atoms in total. The molecule has 19 heavy (non-hydrogen) atoms. The second kappa shape index (κ2) is 4.65. The summed E-state index contributed by atoms with van der Waals surface area (Å²) >= 11 is 0. The van der Waals surface area contributed by atoms with E-state index in [4.69, 9.17) is 4.74 Å². The summed E-state index contributed by atoms with van der Waals surface area (Å²) in [5.41, 5.74) is 2.34.